The van der Waals surface area contributed by atoms with Gasteiger partial charge in [0.1, 0.15) is 5.75 Å². The van der Waals surface area contributed by atoms with Crippen molar-refractivity contribution in [3.8, 4) is 5.75 Å². The molecule has 0 unspecified atom stereocenters. The Balaban J connectivity index is 2.09. The number of hydrogen-bond acceptors (Lipinski definition) is 2. The molecular weight excluding hydrogens is 393 g/mol. The Hall–Kier alpha value is -0.750. The molecule has 0 heterocycles. The third-order valence-corrected chi connectivity index (χ3v) is 3.51. The highest BCUT2D eigenvalue weighted by atomic mass is 127. The molecule has 0 aliphatic heterocycles. The second kappa shape index (κ2) is 5.73. The molecule has 0 saturated carbocycles. The molecule has 2 rings (SSSR count). The molecule has 0 saturated heterocycles. The molecular formula is C13H11BrINO. The van der Waals surface area contributed by atoms with E-state index in [2.05, 4.69) is 49.9 Å². The molecule has 2 aromatic rings. The molecule has 0 bridgehead atoms. The summed E-state index contributed by atoms with van der Waals surface area (Å²) in [6.45, 7) is 0.603. The summed E-state index contributed by atoms with van der Waals surface area (Å²) in [5.74, 6) is 0.311. The predicted molar refractivity (Wildman–Crippen MR) is 82.3 cm³/mol. The molecule has 0 radical (unpaired) electrons. The summed E-state index contributed by atoms with van der Waals surface area (Å²) < 4.78 is 2.15. The first-order chi connectivity index (χ1) is 8.15. The summed E-state index contributed by atoms with van der Waals surface area (Å²) in [4.78, 5) is 0. The molecule has 0 spiro atoms. The van der Waals surface area contributed by atoms with Crippen molar-refractivity contribution in [1.82, 2.24) is 0 Å². The lowest BCUT2D eigenvalue weighted by Crippen LogP contribution is -1.99. The van der Waals surface area contributed by atoms with Gasteiger partial charge in [-0.2, -0.15) is 0 Å². The Bertz CT molecular complexity index is 531. The van der Waals surface area contributed by atoms with E-state index in [0.29, 0.717) is 12.3 Å². The van der Waals surface area contributed by atoms with E-state index in [-0.39, 0.29) is 0 Å². The summed E-state index contributed by atoms with van der Waals surface area (Å²) in [6.07, 6.45) is 0. The second-order valence-electron chi connectivity index (χ2n) is 3.64. The first-order valence-corrected chi connectivity index (χ1v) is 6.99. The number of aromatic hydroxyl groups is 1. The van der Waals surface area contributed by atoms with Gasteiger partial charge in [0, 0.05) is 25.8 Å². The number of nitrogens with one attached hydrogen (secondary N) is 1. The fraction of sp³-hybridized carbons (Fsp3) is 0.0769. The molecule has 17 heavy (non-hydrogen) atoms. The normalized spacial score (nSPS) is 10.2. The Morgan fingerprint density at radius 3 is 2.76 bits per heavy atom. The van der Waals surface area contributed by atoms with Crippen molar-refractivity contribution in [2.75, 3.05) is 5.32 Å². The highest BCUT2D eigenvalue weighted by molar-refractivity contribution is 14.1. The van der Waals surface area contributed by atoms with Crippen LogP contribution in [-0.4, -0.2) is 5.11 Å². The van der Waals surface area contributed by atoms with Gasteiger partial charge in [0.15, 0.2) is 0 Å². The van der Waals surface area contributed by atoms with E-state index in [1.165, 1.54) is 3.57 Å². The van der Waals surface area contributed by atoms with Crippen LogP contribution in [-0.2, 0) is 6.54 Å². The van der Waals surface area contributed by atoms with E-state index in [9.17, 15) is 5.11 Å². The number of halogens is 2. The largest absolute Gasteiger partial charge is 0.508 e. The van der Waals surface area contributed by atoms with Crippen LogP contribution < -0.4 is 5.32 Å². The number of rotatable bonds is 3. The van der Waals surface area contributed by atoms with Crippen LogP contribution in [0.5, 0.6) is 5.75 Å². The average molecular weight is 404 g/mol. The minimum absolute atomic E-state index is 0.311. The van der Waals surface area contributed by atoms with Crippen LogP contribution in [0.15, 0.2) is 46.9 Å². The maximum Gasteiger partial charge on any atom is 0.120 e. The van der Waals surface area contributed by atoms with E-state index >= 15 is 0 Å². The molecule has 4 heteroatoms. The minimum atomic E-state index is 0.311. The number of anilines is 1. The second-order valence-corrected chi connectivity index (χ2v) is 5.80. The van der Waals surface area contributed by atoms with Crippen LogP contribution in [0, 0.1) is 3.57 Å². The van der Waals surface area contributed by atoms with E-state index in [1.807, 2.05) is 30.3 Å². The van der Waals surface area contributed by atoms with Crippen molar-refractivity contribution in [3.63, 3.8) is 0 Å². The first kappa shape index (κ1) is 12.7. The predicted octanol–water partition coefficient (Wildman–Crippen LogP) is 4.37. The van der Waals surface area contributed by atoms with Crippen LogP contribution in [0.3, 0.4) is 0 Å². The lowest BCUT2D eigenvalue weighted by Gasteiger charge is -2.09. The van der Waals surface area contributed by atoms with Crippen molar-refractivity contribution in [2.24, 2.45) is 0 Å². The van der Waals surface area contributed by atoms with E-state index in [4.69, 9.17) is 0 Å². The van der Waals surface area contributed by atoms with Crippen LogP contribution >= 0.6 is 38.5 Å². The van der Waals surface area contributed by atoms with Crippen LogP contribution in [0.4, 0.5) is 5.69 Å². The third-order valence-electron chi connectivity index (χ3n) is 2.35. The average Bonchev–Trinajstić information content (AvgIpc) is 2.30. The maximum atomic E-state index is 9.71. The van der Waals surface area contributed by atoms with Gasteiger partial charge in [-0.05, 0) is 59.0 Å². The Labute approximate surface area is 122 Å². The van der Waals surface area contributed by atoms with Crippen molar-refractivity contribution in [1.29, 1.82) is 0 Å². The summed E-state index contributed by atoms with van der Waals surface area (Å²) >= 11 is 5.67. The summed E-state index contributed by atoms with van der Waals surface area (Å²) in [5.41, 5.74) is 1.93. The number of phenolic OH excluding ortho intramolecular Hbond substituents is 1. The van der Waals surface area contributed by atoms with Gasteiger partial charge in [-0.1, -0.05) is 22.0 Å². The highest BCUT2D eigenvalue weighted by Crippen LogP contribution is 2.23. The summed E-state index contributed by atoms with van der Waals surface area (Å²) in [7, 11) is 0. The molecule has 88 valence electrons. The van der Waals surface area contributed by atoms with Gasteiger partial charge < -0.3 is 10.4 Å². The molecule has 0 amide bonds. The number of hydrogen-bond donors (Lipinski definition) is 2. The van der Waals surface area contributed by atoms with Gasteiger partial charge in [-0.25, -0.2) is 0 Å². The van der Waals surface area contributed by atoms with E-state index in [1.54, 1.807) is 6.07 Å². The molecule has 0 atom stereocenters. The van der Waals surface area contributed by atoms with Gasteiger partial charge in [0.2, 0.25) is 0 Å². The Morgan fingerprint density at radius 2 is 2.00 bits per heavy atom. The van der Waals surface area contributed by atoms with Crippen LogP contribution in [0.1, 0.15) is 5.56 Å². The zero-order chi connectivity index (χ0) is 12.3. The van der Waals surface area contributed by atoms with Gasteiger partial charge in [-0.3, -0.25) is 0 Å². The van der Waals surface area contributed by atoms with Crippen molar-refractivity contribution in [2.45, 2.75) is 6.54 Å². The maximum absolute atomic E-state index is 9.71. The smallest absolute Gasteiger partial charge is 0.120 e. The topological polar surface area (TPSA) is 32.3 Å². The molecule has 0 fully saturated rings. The fourth-order valence-electron chi connectivity index (χ4n) is 1.49. The summed E-state index contributed by atoms with van der Waals surface area (Å²) in [6, 6.07) is 13.6. The fourth-order valence-corrected chi connectivity index (χ4v) is 2.44. The van der Waals surface area contributed by atoms with Crippen molar-refractivity contribution < 1.29 is 5.11 Å². The van der Waals surface area contributed by atoms with Gasteiger partial charge >= 0.3 is 0 Å². The SMILES string of the molecule is Oc1ccc(Br)cc1CNc1cccc(I)c1. The molecule has 2 aromatic carbocycles. The van der Waals surface area contributed by atoms with Gasteiger partial charge in [-0.15, -0.1) is 0 Å². The monoisotopic (exact) mass is 403 g/mol. The first-order valence-electron chi connectivity index (χ1n) is 5.12. The minimum Gasteiger partial charge on any atom is -0.508 e. The van der Waals surface area contributed by atoms with E-state index in [0.717, 1.165) is 15.7 Å². The molecule has 0 aromatic heterocycles. The molecule has 0 aliphatic rings. The lowest BCUT2D eigenvalue weighted by molar-refractivity contribution is 0.469. The van der Waals surface area contributed by atoms with Gasteiger partial charge in [0.05, 0.1) is 0 Å². The highest BCUT2D eigenvalue weighted by Gasteiger charge is 2.01. The standard InChI is InChI=1S/C13H11BrINO/c14-10-4-5-13(17)9(6-10)8-16-12-3-1-2-11(15)7-12/h1-7,16-17H,8H2. The van der Waals surface area contributed by atoms with Crippen molar-refractivity contribution >= 4 is 44.2 Å². The number of benzene rings is 2. The zero-order valence-electron chi connectivity index (χ0n) is 8.95. The van der Waals surface area contributed by atoms with Gasteiger partial charge in [0.25, 0.3) is 0 Å². The van der Waals surface area contributed by atoms with Crippen LogP contribution in [0.25, 0.3) is 0 Å². The zero-order valence-corrected chi connectivity index (χ0v) is 12.7. The number of phenols is 1. The third kappa shape index (κ3) is 3.61. The van der Waals surface area contributed by atoms with E-state index < -0.39 is 0 Å². The Kier molecular flexibility index (Phi) is 4.28. The van der Waals surface area contributed by atoms with Crippen LogP contribution in [0.2, 0.25) is 0 Å². The quantitative estimate of drug-likeness (QED) is 0.745. The molecule has 2 nitrogen and oxygen atoms in total. The lowest BCUT2D eigenvalue weighted by atomic mass is 10.2. The van der Waals surface area contributed by atoms with Crippen molar-refractivity contribution in [3.05, 3.63) is 56.1 Å². The molecule has 2 N–H and O–H groups in total. The Morgan fingerprint density at radius 1 is 1.18 bits per heavy atom. The summed E-state index contributed by atoms with van der Waals surface area (Å²) in [5, 5.41) is 13.0. The molecule has 0 aliphatic carbocycles.